The molecule has 0 aromatic heterocycles. The fraction of sp³-hybridized carbons (Fsp3) is 0.471. The van der Waals surface area contributed by atoms with Gasteiger partial charge in [-0.3, -0.25) is 4.79 Å². The summed E-state index contributed by atoms with van der Waals surface area (Å²) in [4.78, 5) is 34.0. The smallest absolute Gasteiger partial charge is 0.415 e. The highest BCUT2D eigenvalue weighted by Crippen LogP contribution is 2.16. The molecule has 1 fully saturated rings. The molecule has 8 heteroatoms. The van der Waals surface area contributed by atoms with Gasteiger partial charge in [0.15, 0.2) is 5.76 Å². The molecule has 138 valence electrons. The molecule has 1 N–H and O–H groups in total. The number of methoxy groups -OCH3 is 2. The Balaban J connectivity index is 2.60. The lowest BCUT2D eigenvalue weighted by molar-refractivity contribution is -0.143. The van der Waals surface area contributed by atoms with Crippen LogP contribution in [0.2, 0.25) is 0 Å². The highest BCUT2D eigenvalue weighted by Gasteiger charge is 2.32. The predicted molar refractivity (Wildman–Crippen MR) is 88.2 cm³/mol. The van der Waals surface area contributed by atoms with Gasteiger partial charge in [0.25, 0.3) is 0 Å². The first-order valence-corrected chi connectivity index (χ1v) is 7.61. The maximum atomic E-state index is 11.8. The maximum Gasteiger partial charge on any atom is 0.415 e. The van der Waals surface area contributed by atoms with E-state index in [1.807, 2.05) is 0 Å². The van der Waals surface area contributed by atoms with Crippen molar-refractivity contribution in [2.45, 2.75) is 32.7 Å². The van der Waals surface area contributed by atoms with Gasteiger partial charge < -0.3 is 24.3 Å². The fourth-order valence-electron chi connectivity index (χ4n) is 1.93. The molecule has 0 radical (unpaired) electrons. The van der Waals surface area contributed by atoms with E-state index in [1.165, 1.54) is 14.2 Å². The van der Waals surface area contributed by atoms with E-state index in [4.69, 9.17) is 14.2 Å². The Labute approximate surface area is 146 Å². The van der Waals surface area contributed by atoms with E-state index in [-0.39, 0.29) is 19.4 Å². The van der Waals surface area contributed by atoms with E-state index >= 15 is 0 Å². The van der Waals surface area contributed by atoms with Crippen LogP contribution in [-0.2, 0) is 28.5 Å². The van der Waals surface area contributed by atoms with E-state index in [9.17, 15) is 14.4 Å². The van der Waals surface area contributed by atoms with Crippen molar-refractivity contribution in [2.75, 3.05) is 20.8 Å². The molecule has 8 nitrogen and oxygen atoms in total. The van der Waals surface area contributed by atoms with Gasteiger partial charge in [-0.05, 0) is 31.9 Å². The van der Waals surface area contributed by atoms with Crippen LogP contribution in [-0.4, -0.2) is 44.9 Å². The molecule has 1 saturated heterocycles. The number of esters is 2. The van der Waals surface area contributed by atoms with Crippen molar-refractivity contribution in [3.05, 3.63) is 35.3 Å². The van der Waals surface area contributed by atoms with Crippen LogP contribution in [0.5, 0.6) is 0 Å². The van der Waals surface area contributed by atoms with Gasteiger partial charge >= 0.3 is 18.0 Å². The van der Waals surface area contributed by atoms with Gasteiger partial charge in [0, 0.05) is 6.42 Å². The molecule has 0 bridgehead atoms. The lowest BCUT2D eigenvalue weighted by Gasteiger charge is -2.12. The van der Waals surface area contributed by atoms with Crippen LogP contribution >= 0.6 is 0 Å². The Morgan fingerprint density at radius 2 is 1.96 bits per heavy atom. The Morgan fingerprint density at radius 3 is 2.44 bits per heavy atom. The van der Waals surface area contributed by atoms with E-state index in [0.29, 0.717) is 22.7 Å². The van der Waals surface area contributed by atoms with Gasteiger partial charge in [0.05, 0.1) is 14.2 Å². The summed E-state index contributed by atoms with van der Waals surface area (Å²) in [5, 5.41) is 2.31. The minimum atomic E-state index is -0.816. The number of carbonyl (C=O) groups is 3. The van der Waals surface area contributed by atoms with E-state index in [0.717, 1.165) is 0 Å². The summed E-state index contributed by atoms with van der Waals surface area (Å²) in [6.45, 7) is 7.36. The summed E-state index contributed by atoms with van der Waals surface area (Å²) in [7, 11) is 3.03. The number of amides is 1. The molecule has 1 heterocycles. The van der Waals surface area contributed by atoms with Crippen LogP contribution in [0.3, 0.4) is 0 Å². The largest absolute Gasteiger partial charge is 0.498 e. The number of hydrogen-bond donors (Lipinski definition) is 1. The molecule has 0 aromatic rings. The second-order valence-electron chi connectivity index (χ2n) is 5.38. The standard InChI is InChI=1S/C17H23NO7/c1-10(2)12(8-14(23-5)11(3)22-4)9-24-15(19)7-6-13-16(20)25-17(21)18-13/h8,13H,1,6-7,9H2,2-5H3,(H,18,21)/b12-8-,14-11-/t13-/m0/s1. The first-order valence-electron chi connectivity index (χ1n) is 7.61. The second kappa shape index (κ2) is 9.51. The van der Waals surface area contributed by atoms with Crippen molar-refractivity contribution in [1.82, 2.24) is 5.32 Å². The van der Waals surface area contributed by atoms with Crippen LogP contribution < -0.4 is 5.32 Å². The molecule has 0 unspecified atom stereocenters. The molecular weight excluding hydrogens is 330 g/mol. The lowest BCUT2D eigenvalue weighted by atomic mass is 10.1. The molecule has 0 spiro atoms. The van der Waals surface area contributed by atoms with Gasteiger partial charge in [-0.15, -0.1) is 0 Å². The van der Waals surface area contributed by atoms with Gasteiger partial charge in [-0.1, -0.05) is 12.2 Å². The third-order valence-electron chi connectivity index (χ3n) is 3.52. The second-order valence-corrected chi connectivity index (χ2v) is 5.38. The van der Waals surface area contributed by atoms with Crippen LogP contribution in [0.25, 0.3) is 0 Å². The Bertz CT molecular complexity index is 618. The topological polar surface area (TPSA) is 100 Å². The Hall–Kier alpha value is -2.77. The van der Waals surface area contributed by atoms with E-state index in [1.54, 1.807) is 19.9 Å². The molecule has 0 saturated carbocycles. The van der Waals surface area contributed by atoms with Gasteiger partial charge in [-0.25, -0.2) is 9.59 Å². The number of hydrogen-bond acceptors (Lipinski definition) is 7. The summed E-state index contributed by atoms with van der Waals surface area (Å²) in [5.41, 5.74) is 1.37. The predicted octanol–water partition coefficient (Wildman–Crippen LogP) is 1.97. The molecule has 1 rings (SSSR count). The van der Waals surface area contributed by atoms with Crippen molar-refractivity contribution < 1.29 is 33.3 Å². The Morgan fingerprint density at radius 1 is 1.28 bits per heavy atom. The molecule has 25 heavy (non-hydrogen) atoms. The van der Waals surface area contributed by atoms with Gasteiger partial charge in [-0.2, -0.15) is 0 Å². The average molecular weight is 353 g/mol. The lowest BCUT2D eigenvalue weighted by Crippen LogP contribution is -2.29. The summed E-state index contributed by atoms with van der Waals surface area (Å²) in [6.07, 6.45) is 0.959. The monoisotopic (exact) mass is 353 g/mol. The van der Waals surface area contributed by atoms with Crippen molar-refractivity contribution in [3.63, 3.8) is 0 Å². The summed E-state index contributed by atoms with van der Waals surface area (Å²) >= 11 is 0. The van der Waals surface area contributed by atoms with Crippen molar-refractivity contribution in [2.24, 2.45) is 0 Å². The molecule has 1 aliphatic heterocycles. The molecule has 0 aromatic carbocycles. The zero-order chi connectivity index (χ0) is 19.0. The van der Waals surface area contributed by atoms with Crippen molar-refractivity contribution in [3.8, 4) is 0 Å². The molecule has 0 aliphatic carbocycles. The van der Waals surface area contributed by atoms with E-state index < -0.39 is 24.1 Å². The fourth-order valence-corrected chi connectivity index (χ4v) is 1.93. The van der Waals surface area contributed by atoms with Crippen LogP contribution in [0.1, 0.15) is 26.7 Å². The van der Waals surface area contributed by atoms with Gasteiger partial charge in [0.2, 0.25) is 0 Å². The number of rotatable bonds is 9. The number of allylic oxidation sites excluding steroid dienone is 2. The van der Waals surface area contributed by atoms with Gasteiger partial charge in [0.1, 0.15) is 18.4 Å². The zero-order valence-electron chi connectivity index (χ0n) is 14.8. The number of carbonyl (C=O) groups excluding carboxylic acids is 3. The zero-order valence-corrected chi connectivity index (χ0v) is 14.8. The average Bonchev–Trinajstić information content (AvgIpc) is 2.89. The summed E-state index contributed by atoms with van der Waals surface area (Å²) in [6, 6.07) is -0.816. The minimum absolute atomic E-state index is 0.000503. The molecule has 1 atom stereocenters. The third kappa shape index (κ3) is 6.33. The maximum absolute atomic E-state index is 11.8. The number of nitrogens with one attached hydrogen (secondary N) is 1. The summed E-state index contributed by atoms with van der Waals surface area (Å²) in [5.74, 6) is -0.131. The first-order chi connectivity index (χ1) is 11.8. The summed E-state index contributed by atoms with van der Waals surface area (Å²) < 4.78 is 19.9. The highest BCUT2D eigenvalue weighted by atomic mass is 16.6. The van der Waals surface area contributed by atoms with Crippen LogP contribution in [0, 0.1) is 0 Å². The van der Waals surface area contributed by atoms with Crippen molar-refractivity contribution >= 4 is 18.0 Å². The number of ether oxygens (including phenoxy) is 4. The quantitative estimate of drug-likeness (QED) is 0.293. The highest BCUT2D eigenvalue weighted by molar-refractivity contribution is 5.95. The minimum Gasteiger partial charge on any atom is -0.498 e. The molecule has 1 aliphatic rings. The van der Waals surface area contributed by atoms with E-state index in [2.05, 4.69) is 16.6 Å². The molecule has 1 amide bonds. The normalized spacial score (nSPS) is 18.1. The number of alkyl carbamates (subject to hydrolysis) is 1. The van der Waals surface area contributed by atoms with Crippen LogP contribution in [0.4, 0.5) is 4.79 Å². The third-order valence-corrected chi connectivity index (χ3v) is 3.52. The molecular formula is C17H23NO7. The SMILES string of the molecule is C=C(C)/C(=C\C(OC)=C(/C)OC)COC(=O)CC[C@@H]1NC(=O)OC1=O. The Kier molecular flexibility index (Phi) is 7.71. The first kappa shape index (κ1) is 20.3. The van der Waals surface area contributed by atoms with Crippen LogP contribution in [0.15, 0.2) is 35.3 Å². The van der Waals surface area contributed by atoms with Crippen molar-refractivity contribution in [1.29, 1.82) is 0 Å². The number of cyclic esters (lactones) is 2.